The van der Waals surface area contributed by atoms with Crippen LogP contribution in [0.5, 0.6) is 0 Å². The van der Waals surface area contributed by atoms with Gasteiger partial charge in [0.1, 0.15) is 25.3 Å². The summed E-state index contributed by atoms with van der Waals surface area (Å²) in [5.74, 6) is -1.50. The van der Waals surface area contributed by atoms with Crippen LogP contribution >= 0.6 is 11.8 Å². The van der Waals surface area contributed by atoms with Gasteiger partial charge in [-0.15, -0.1) is 0 Å². The molecule has 0 aliphatic heterocycles. The molecule has 80 heavy (non-hydrogen) atoms. The van der Waals surface area contributed by atoms with E-state index in [-0.39, 0.29) is 294 Å². The average Bonchev–Trinajstić information content (AvgIpc) is 3.81. The van der Waals surface area contributed by atoms with Gasteiger partial charge in [0.15, 0.2) is 0 Å². The Bertz CT molecular complexity index is 2870. The molecule has 0 saturated carbocycles. The minimum Gasteiger partial charge on any atom is -0.726 e. The van der Waals surface area contributed by atoms with Crippen molar-refractivity contribution in [1.82, 2.24) is 10.6 Å². The van der Waals surface area contributed by atoms with E-state index in [0.29, 0.717) is 12.2 Å². The topological polar surface area (TPSA) is 497 Å². The van der Waals surface area contributed by atoms with Crippen molar-refractivity contribution in [2.75, 3.05) is 37.2 Å². The fourth-order valence-corrected chi connectivity index (χ4v) is 7.64. The van der Waals surface area contributed by atoms with Crippen LogP contribution in [-0.2, 0) is 80.1 Å². The summed E-state index contributed by atoms with van der Waals surface area (Å²) < 4.78 is 143. The number of ether oxygens (including phenoxy) is 2. The minimum atomic E-state index is -4.92. The van der Waals surface area contributed by atoms with E-state index in [2.05, 4.69) is 31.4 Å². The fourth-order valence-electron chi connectivity index (χ4n) is 6.60. The smallest absolute Gasteiger partial charge is 0.726 e. The van der Waals surface area contributed by atoms with Crippen molar-refractivity contribution in [1.29, 1.82) is 0 Å². The Balaban J connectivity index is -0.000000327. The first-order valence-corrected chi connectivity index (χ1v) is 28.7. The molecule has 40 heteroatoms. The van der Waals surface area contributed by atoms with Crippen LogP contribution in [0.4, 0.5) is 9.59 Å². The number of carboxylic acid groups (broad SMARTS) is 2. The SMILES string of the molecule is CS(=O)CC[C@H](NC(=O)OCC1c2ccccc2-c2ccccc21)C(=O)O.CSCC[C@H](NC(=O)OCC1c2ccccc2-c2ccccc21)C(=O)O.O=S(=O)(O)O[O-].O=S(=O)(O)O[O-].O=S(=O)([O-])O.O=S(=O)([O-])O.[K+].[K+].[K+].[K+].[K+]. The summed E-state index contributed by atoms with van der Waals surface area (Å²) in [5, 5.41) is 40.4. The molecule has 4 aromatic carbocycles. The first-order valence-electron chi connectivity index (χ1n) is 20.1. The number of alkyl carbamates (subject to hydrolysis) is 2. The van der Waals surface area contributed by atoms with Crippen LogP contribution in [0.15, 0.2) is 97.1 Å². The number of carbonyl (C=O) groups is 4. The Morgan fingerprint density at radius 1 is 0.550 bits per heavy atom. The molecule has 29 nitrogen and oxygen atoms in total. The summed E-state index contributed by atoms with van der Waals surface area (Å²) in [6, 6.07) is 30.0. The van der Waals surface area contributed by atoms with Gasteiger partial charge in [-0.05, 0) is 69.4 Å². The maximum Gasteiger partial charge on any atom is 1.00 e. The van der Waals surface area contributed by atoms with Gasteiger partial charge in [-0.3, -0.25) is 22.4 Å². The van der Waals surface area contributed by atoms with E-state index in [4.69, 9.17) is 81.0 Å². The van der Waals surface area contributed by atoms with Crippen molar-refractivity contribution in [2.45, 2.75) is 36.8 Å². The van der Waals surface area contributed by atoms with Gasteiger partial charge in [-0.2, -0.15) is 28.6 Å². The number of hydrogen-bond acceptors (Lipinski definition) is 22. The van der Waals surface area contributed by atoms with Gasteiger partial charge in [0.2, 0.25) is 20.8 Å². The van der Waals surface area contributed by atoms with E-state index in [1.165, 1.54) is 18.0 Å². The van der Waals surface area contributed by atoms with Gasteiger partial charge in [0, 0.05) is 34.6 Å². The second-order valence-corrected chi connectivity index (χ2v) is 20.7. The van der Waals surface area contributed by atoms with Gasteiger partial charge in [0.25, 0.3) is 0 Å². The van der Waals surface area contributed by atoms with E-state index in [0.717, 1.165) is 44.5 Å². The normalized spacial score (nSPS) is 12.6. The summed E-state index contributed by atoms with van der Waals surface area (Å²) >= 11 is 1.54. The van der Waals surface area contributed by atoms with Crippen LogP contribution < -0.4 is 278 Å². The van der Waals surface area contributed by atoms with Gasteiger partial charge in [-0.1, -0.05) is 97.1 Å². The number of nitrogens with one attached hydrogen (secondary N) is 2. The Hall–Kier alpha value is 2.44. The second-order valence-electron chi connectivity index (χ2n) is 14.4. The number of carbonyl (C=O) groups excluding carboxylic acids is 2. The predicted octanol–water partition coefficient (Wildman–Crippen LogP) is -14.3. The van der Waals surface area contributed by atoms with Crippen molar-refractivity contribution in [2.24, 2.45) is 0 Å². The number of hydrogen-bond donors (Lipinski definition) is 8. The molecule has 418 valence electrons. The molecule has 0 spiro atoms. The summed E-state index contributed by atoms with van der Waals surface area (Å²) in [4.78, 5) is 46.7. The van der Waals surface area contributed by atoms with Gasteiger partial charge in [0.05, 0.1) is 0 Å². The van der Waals surface area contributed by atoms with E-state index in [9.17, 15) is 33.6 Å². The van der Waals surface area contributed by atoms with Crippen LogP contribution in [0, 0.1) is 0 Å². The molecule has 4 aromatic rings. The van der Waals surface area contributed by atoms with E-state index >= 15 is 0 Å². The summed E-state index contributed by atoms with van der Waals surface area (Å²) in [6.07, 6.45) is 2.36. The van der Waals surface area contributed by atoms with Crippen molar-refractivity contribution >= 4 is 88.3 Å². The molecule has 0 fully saturated rings. The van der Waals surface area contributed by atoms with E-state index < -0.39 is 88.6 Å². The quantitative estimate of drug-likeness (QED) is 0.0170. The average molecular weight is 1370 g/mol. The second kappa shape index (κ2) is 46.5. The molecule has 0 heterocycles. The standard InChI is InChI=1S/C20H21NO5S.C20H21NO4S.5K.2H2O5S.2H2O4S/c1-27(25)11-10-18(19(22)23)21-20(24)26-12-17-15-8-4-2-6-13(15)14-7-3-5-9-16(14)17;1-26-11-10-18(19(22)23)21-20(24)25-12-17-15-8-4-2-6-13(15)14-7-3-5-9-16(14)17;;;;;;2*1-5-6(2,3)4;2*1-5(2,3)4/h2-9,17-18H,10-12H2,1H3,(H,21,24)(H,22,23);2-9,17-18H,10-12H2,1H3,(H,21,24)(H,22,23);;;;;;2*1H,(H,2,3,4);2*(H2,1,2,3,4)/q;;5*+1;;;;/p-4/t18-,27?;18-;;;;;;;;;/m00........./s1. The summed E-state index contributed by atoms with van der Waals surface area (Å²) in [5.41, 5.74) is 8.97. The van der Waals surface area contributed by atoms with Crippen LogP contribution in [0.2, 0.25) is 0 Å². The molecule has 6 rings (SSSR count). The van der Waals surface area contributed by atoms with Gasteiger partial charge >= 0.3 is 302 Å². The van der Waals surface area contributed by atoms with E-state index in [1.807, 2.05) is 91.2 Å². The first-order chi connectivity index (χ1) is 34.7. The maximum atomic E-state index is 12.1. The largest absolute Gasteiger partial charge is 1.00 e. The van der Waals surface area contributed by atoms with Crippen LogP contribution in [0.1, 0.15) is 46.9 Å². The molecule has 0 bridgehead atoms. The molecule has 2 aliphatic carbocycles. The third kappa shape index (κ3) is 40.9. The number of amides is 2. The number of rotatable bonds is 16. The first kappa shape index (κ1) is 91.2. The zero-order chi connectivity index (χ0) is 57.3. The van der Waals surface area contributed by atoms with Crippen LogP contribution in [0.25, 0.3) is 22.3 Å². The predicted molar refractivity (Wildman–Crippen MR) is 256 cm³/mol. The Kier molecular flexibility index (Phi) is 53.0. The molecule has 2 aliphatic rings. The van der Waals surface area contributed by atoms with E-state index in [1.54, 1.807) is 0 Å². The molecule has 1 unspecified atom stereocenters. The third-order valence-corrected chi connectivity index (χ3v) is 11.1. The van der Waals surface area contributed by atoms with Crippen LogP contribution in [-0.4, -0.2) is 149 Å². The maximum absolute atomic E-state index is 12.1. The summed E-state index contributed by atoms with van der Waals surface area (Å²) in [7, 11) is -20.4. The Morgan fingerprint density at radius 2 is 0.787 bits per heavy atom. The zero-order valence-electron chi connectivity index (χ0n) is 43.5. The number of aliphatic carboxylic acids is 2. The molecule has 0 radical (unpaired) electrons. The molecular weight excluding hydrogens is 1330 g/mol. The molecular formula is C40H46K5N2O27S6+. The summed E-state index contributed by atoms with van der Waals surface area (Å²) in [6.45, 7) is 0.292. The molecule has 3 atom stereocenters. The Morgan fingerprint density at radius 3 is 1.00 bits per heavy atom. The zero-order valence-corrected chi connectivity index (χ0v) is 64.0. The molecule has 0 aromatic heterocycles. The number of benzene rings is 4. The number of fused-ring (bicyclic) bond motifs is 6. The Labute approximate surface area is 680 Å². The molecule has 8 N–H and O–H groups in total. The minimum absolute atomic E-state index is 0. The molecule has 2 amide bonds. The van der Waals surface area contributed by atoms with Gasteiger partial charge < -0.3 is 58.6 Å². The molecule has 0 saturated heterocycles. The van der Waals surface area contributed by atoms with Crippen molar-refractivity contribution < 1.29 is 380 Å². The van der Waals surface area contributed by atoms with Crippen molar-refractivity contribution in [3.05, 3.63) is 119 Å². The van der Waals surface area contributed by atoms with Crippen molar-refractivity contribution in [3.8, 4) is 22.3 Å². The fraction of sp³-hybridized carbons (Fsp3) is 0.300. The van der Waals surface area contributed by atoms with Gasteiger partial charge in [-0.25, -0.2) is 36.0 Å². The monoisotopic (exact) mass is 1370 g/mol. The number of thioether (sulfide) groups is 1. The number of carboxylic acids is 2. The third-order valence-electron chi connectivity index (χ3n) is 9.34. The van der Waals surface area contributed by atoms with Crippen molar-refractivity contribution in [3.63, 3.8) is 0 Å². The van der Waals surface area contributed by atoms with Crippen LogP contribution in [0.3, 0.4) is 0 Å².